The molecule has 0 fully saturated rings. The summed E-state index contributed by atoms with van der Waals surface area (Å²) in [6.45, 7) is 12.6. The standard InChI is InChI=1S/C33H30N2O4/c1-21-15-25(16-22(2)31(21)38-29-11-7-27(8-12-29)34-19-36)33(5,6)26-17-23(3)32(24(4)18-26)39-30-13-9-28(10-14-30)35-20-37/h7-18H,1-6H3. The maximum atomic E-state index is 10.5. The van der Waals surface area contributed by atoms with Crippen LogP contribution < -0.4 is 9.47 Å². The van der Waals surface area contributed by atoms with E-state index in [2.05, 4.69) is 48.1 Å². The molecule has 0 aromatic heterocycles. The average molecular weight is 519 g/mol. The fourth-order valence-corrected chi connectivity index (χ4v) is 4.63. The van der Waals surface area contributed by atoms with Crippen molar-refractivity contribution in [1.82, 2.24) is 0 Å². The second kappa shape index (κ2) is 11.3. The minimum atomic E-state index is -0.273. The van der Waals surface area contributed by atoms with E-state index in [-0.39, 0.29) is 5.41 Å². The lowest BCUT2D eigenvalue weighted by molar-refractivity contribution is 0.473. The molecule has 0 aliphatic heterocycles. The Bertz CT molecular complexity index is 1440. The minimum absolute atomic E-state index is 0.273. The summed E-state index contributed by atoms with van der Waals surface area (Å²) in [5.41, 5.74) is 7.28. The first kappa shape index (κ1) is 27.3. The summed E-state index contributed by atoms with van der Waals surface area (Å²) in [4.78, 5) is 28.2. The molecule has 4 aromatic rings. The smallest absolute Gasteiger partial charge is 0.240 e. The van der Waals surface area contributed by atoms with Crippen molar-refractivity contribution in [2.24, 2.45) is 9.98 Å². The number of aryl methyl sites for hydroxylation is 4. The van der Waals surface area contributed by atoms with Crippen LogP contribution in [-0.4, -0.2) is 12.2 Å². The zero-order valence-electron chi connectivity index (χ0n) is 23.0. The number of isocyanates is 2. The quantitative estimate of drug-likeness (QED) is 0.172. The molecule has 0 amide bonds. The number of aliphatic imine (C=N–C) groups is 2. The molecule has 0 radical (unpaired) electrons. The zero-order chi connectivity index (χ0) is 28.2. The first-order chi connectivity index (χ1) is 18.6. The SMILES string of the molecule is Cc1cc(C(C)(C)c2cc(C)c(Oc3ccc(N=C=O)cc3)c(C)c2)cc(C)c1Oc1ccc(N=C=O)cc1. The van der Waals surface area contributed by atoms with Gasteiger partial charge < -0.3 is 9.47 Å². The summed E-state index contributed by atoms with van der Waals surface area (Å²) >= 11 is 0. The second-order valence-electron chi connectivity index (χ2n) is 10.1. The highest BCUT2D eigenvalue weighted by atomic mass is 16.5. The van der Waals surface area contributed by atoms with E-state index in [0.717, 1.165) is 33.8 Å². The summed E-state index contributed by atoms with van der Waals surface area (Å²) in [6, 6.07) is 22.7. The molecule has 0 aliphatic rings. The molecule has 6 heteroatoms. The Kier molecular flexibility index (Phi) is 7.92. The van der Waals surface area contributed by atoms with E-state index in [9.17, 15) is 9.59 Å². The number of carbonyl (C=O) groups excluding carboxylic acids is 2. The van der Waals surface area contributed by atoms with Crippen molar-refractivity contribution < 1.29 is 19.1 Å². The van der Waals surface area contributed by atoms with Crippen LogP contribution in [0.2, 0.25) is 0 Å². The van der Waals surface area contributed by atoms with Crippen LogP contribution in [0, 0.1) is 27.7 Å². The maximum absolute atomic E-state index is 10.5. The van der Waals surface area contributed by atoms with Crippen molar-refractivity contribution >= 4 is 23.5 Å². The van der Waals surface area contributed by atoms with Crippen LogP contribution in [0.5, 0.6) is 23.0 Å². The van der Waals surface area contributed by atoms with Crippen molar-refractivity contribution in [2.45, 2.75) is 47.0 Å². The number of ether oxygens (including phenoxy) is 2. The van der Waals surface area contributed by atoms with E-state index >= 15 is 0 Å². The number of nitrogens with zero attached hydrogens (tertiary/aromatic N) is 2. The summed E-state index contributed by atoms with van der Waals surface area (Å²) in [6.07, 6.45) is 3.09. The maximum Gasteiger partial charge on any atom is 0.240 e. The molecule has 0 atom stereocenters. The molecular formula is C33H30N2O4. The molecule has 0 saturated carbocycles. The van der Waals surface area contributed by atoms with Gasteiger partial charge in [-0.15, -0.1) is 0 Å². The van der Waals surface area contributed by atoms with Gasteiger partial charge in [0.2, 0.25) is 12.2 Å². The molecule has 4 rings (SSSR count). The molecule has 0 saturated heterocycles. The third-order valence-corrected chi connectivity index (χ3v) is 6.83. The summed E-state index contributed by atoms with van der Waals surface area (Å²) in [5.74, 6) is 2.96. The second-order valence-corrected chi connectivity index (χ2v) is 10.1. The monoisotopic (exact) mass is 518 g/mol. The van der Waals surface area contributed by atoms with Crippen molar-refractivity contribution in [3.63, 3.8) is 0 Å². The van der Waals surface area contributed by atoms with Gasteiger partial charge in [-0.1, -0.05) is 38.1 Å². The van der Waals surface area contributed by atoms with E-state index in [1.807, 2.05) is 27.7 Å². The van der Waals surface area contributed by atoms with E-state index in [4.69, 9.17) is 9.47 Å². The third kappa shape index (κ3) is 6.05. The minimum Gasteiger partial charge on any atom is -0.457 e. The number of benzene rings is 4. The molecule has 0 bridgehead atoms. The third-order valence-electron chi connectivity index (χ3n) is 6.83. The summed E-state index contributed by atoms with van der Waals surface area (Å²) in [5, 5.41) is 0. The Morgan fingerprint density at radius 3 is 1.15 bits per heavy atom. The average Bonchev–Trinajstić information content (AvgIpc) is 2.90. The fraction of sp³-hybridized carbons (Fsp3) is 0.212. The van der Waals surface area contributed by atoms with Crippen LogP contribution in [0.15, 0.2) is 82.8 Å². The molecule has 0 heterocycles. The molecule has 0 unspecified atom stereocenters. The van der Waals surface area contributed by atoms with Crippen molar-refractivity contribution in [3.05, 3.63) is 106 Å². The molecule has 196 valence electrons. The molecular weight excluding hydrogens is 488 g/mol. The van der Waals surface area contributed by atoms with Crippen LogP contribution in [0.25, 0.3) is 0 Å². The van der Waals surface area contributed by atoms with Crippen LogP contribution in [0.1, 0.15) is 47.2 Å². The largest absolute Gasteiger partial charge is 0.457 e. The Hall–Kier alpha value is -4.76. The highest BCUT2D eigenvalue weighted by molar-refractivity contribution is 5.55. The molecule has 0 spiro atoms. The van der Waals surface area contributed by atoms with Crippen LogP contribution in [0.3, 0.4) is 0 Å². The lowest BCUT2D eigenvalue weighted by Crippen LogP contribution is -2.20. The van der Waals surface area contributed by atoms with Crippen LogP contribution >= 0.6 is 0 Å². The van der Waals surface area contributed by atoms with Gasteiger partial charge in [0, 0.05) is 5.41 Å². The van der Waals surface area contributed by atoms with Crippen LogP contribution in [-0.2, 0) is 15.0 Å². The lowest BCUT2D eigenvalue weighted by atomic mass is 9.76. The molecule has 6 nitrogen and oxygen atoms in total. The van der Waals surface area contributed by atoms with Crippen molar-refractivity contribution in [3.8, 4) is 23.0 Å². The van der Waals surface area contributed by atoms with Gasteiger partial charge in [-0.05, 0) is 110 Å². The van der Waals surface area contributed by atoms with Gasteiger partial charge in [0.15, 0.2) is 0 Å². The normalized spacial score (nSPS) is 10.8. The van der Waals surface area contributed by atoms with Crippen molar-refractivity contribution in [2.75, 3.05) is 0 Å². The Morgan fingerprint density at radius 1 is 0.564 bits per heavy atom. The van der Waals surface area contributed by atoms with Crippen LogP contribution in [0.4, 0.5) is 11.4 Å². The van der Waals surface area contributed by atoms with E-state index < -0.39 is 0 Å². The number of hydrogen-bond donors (Lipinski definition) is 0. The van der Waals surface area contributed by atoms with Gasteiger partial charge >= 0.3 is 0 Å². The van der Waals surface area contributed by atoms with Gasteiger partial charge in [0.1, 0.15) is 23.0 Å². The summed E-state index contributed by atoms with van der Waals surface area (Å²) < 4.78 is 12.4. The fourth-order valence-electron chi connectivity index (χ4n) is 4.63. The Morgan fingerprint density at radius 2 is 0.872 bits per heavy atom. The molecule has 0 aliphatic carbocycles. The number of hydrogen-bond acceptors (Lipinski definition) is 6. The topological polar surface area (TPSA) is 77.3 Å². The predicted molar refractivity (Wildman–Crippen MR) is 153 cm³/mol. The Labute approximate surface area is 228 Å². The molecule has 0 N–H and O–H groups in total. The molecule has 39 heavy (non-hydrogen) atoms. The predicted octanol–water partition coefficient (Wildman–Crippen LogP) is 8.77. The Balaban J connectivity index is 1.60. The first-order valence-corrected chi connectivity index (χ1v) is 12.6. The first-order valence-electron chi connectivity index (χ1n) is 12.6. The van der Waals surface area contributed by atoms with Gasteiger partial charge in [0.25, 0.3) is 0 Å². The van der Waals surface area contributed by atoms with Crippen molar-refractivity contribution in [1.29, 1.82) is 0 Å². The van der Waals surface area contributed by atoms with Gasteiger partial charge in [-0.3, -0.25) is 0 Å². The van der Waals surface area contributed by atoms with E-state index in [1.165, 1.54) is 11.1 Å². The van der Waals surface area contributed by atoms with E-state index in [0.29, 0.717) is 22.9 Å². The van der Waals surface area contributed by atoms with Gasteiger partial charge in [-0.25, -0.2) is 9.59 Å². The highest BCUT2D eigenvalue weighted by Gasteiger charge is 2.26. The van der Waals surface area contributed by atoms with Gasteiger partial charge in [-0.2, -0.15) is 9.98 Å². The van der Waals surface area contributed by atoms with E-state index in [1.54, 1.807) is 60.7 Å². The summed E-state index contributed by atoms with van der Waals surface area (Å²) in [7, 11) is 0. The number of rotatable bonds is 8. The highest BCUT2D eigenvalue weighted by Crippen LogP contribution is 2.40. The zero-order valence-corrected chi connectivity index (χ0v) is 23.0. The lowest BCUT2D eigenvalue weighted by Gasteiger charge is -2.29. The van der Waals surface area contributed by atoms with Gasteiger partial charge in [0.05, 0.1) is 11.4 Å². The molecule has 4 aromatic carbocycles.